The molecule has 0 spiro atoms. The van der Waals surface area contributed by atoms with E-state index in [-0.39, 0.29) is 0 Å². The van der Waals surface area contributed by atoms with E-state index in [0.717, 1.165) is 13.0 Å². The Labute approximate surface area is 34.7 Å². The molecule has 2 nitrogen and oxygen atoms in total. The van der Waals surface area contributed by atoms with Gasteiger partial charge in [-0.3, -0.25) is 0 Å². The first-order valence-electron chi connectivity index (χ1n) is 1.48. The molecule has 0 saturated carbocycles. The molecule has 0 saturated heterocycles. The Morgan fingerprint density at radius 1 is 2.00 bits per heavy atom. The van der Waals surface area contributed by atoms with Crippen LogP contribution in [-0.2, 0) is 4.79 Å². The molecule has 0 N–H and O–H groups in total. The fourth-order valence-electron chi connectivity index (χ4n) is 0.0726. The average molecular weight is 89.1 g/mol. The molecular weight excluding hydrogens is 85.0 g/mol. The summed E-state index contributed by atoms with van der Waals surface area (Å²) in [6, 6.07) is 0. The van der Waals surface area contributed by atoms with Gasteiger partial charge in [0.05, 0.1) is 0 Å². The Hall–Kier alpha value is -0.690. The van der Waals surface area contributed by atoms with Gasteiger partial charge in [-0.1, -0.05) is 0 Å². The van der Waals surface area contributed by atoms with E-state index in [1.54, 1.807) is 0 Å². The smallest absolute Gasteiger partial charge is 0.221 e. The lowest BCUT2D eigenvalue weighted by atomic mass is 10.7. The van der Waals surface area contributed by atoms with E-state index in [1.807, 2.05) is 0 Å². The Balaban J connectivity index is 3.29. The summed E-state index contributed by atoms with van der Waals surface area (Å²) in [5.74, 6) is 0. The van der Waals surface area contributed by atoms with Gasteiger partial charge in [-0.2, -0.15) is 4.99 Å². The number of aliphatic imine (C=N–C) groups is 1. The highest BCUT2D eigenvalue weighted by Gasteiger charge is 1.84. The fourth-order valence-corrected chi connectivity index (χ4v) is 0.0726. The number of hydrogen-bond donors (Lipinski definition) is 0. The third kappa shape index (κ3) is 3.31. The van der Waals surface area contributed by atoms with E-state index < -0.39 is 6.30 Å². The van der Waals surface area contributed by atoms with Crippen molar-refractivity contribution in [3.63, 3.8) is 0 Å². The summed E-state index contributed by atoms with van der Waals surface area (Å²) in [6.07, 6.45) is -0.333. The zero-order valence-electron chi connectivity index (χ0n) is 3.31. The van der Waals surface area contributed by atoms with Gasteiger partial charge < -0.3 is 0 Å². The van der Waals surface area contributed by atoms with E-state index in [0.29, 0.717) is 0 Å². The van der Waals surface area contributed by atoms with Crippen molar-refractivity contribution >= 4 is 6.08 Å². The normalized spacial score (nSPS) is 12.3. The molecule has 0 rings (SSSR count). The summed E-state index contributed by atoms with van der Waals surface area (Å²) in [5.41, 5.74) is 0. The van der Waals surface area contributed by atoms with E-state index in [9.17, 15) is 4.39 Å². The monoisotopic (exact) mass is 89.0 g/mol. The highest BCUT2D eigenvalue weighted by molar-refractivity contribution is 5.32. The molecule has 0 bridgehead atoms. The number of isocyanates is 1. The van der Waals surface area contributed by atoms with Crippen molar-refractivity contribution in [3.05, 3.63) is 0 Å². The van der Waals surface area contributed by atoms with Crippen molar-refractivity contribution in [2.24, 2.45) is 4.99 Å². The molecule has 34 valence electrons. The molecule has 3 heteroatoms. The van der Waals surface area contributed by atoms with Gasteiger partial charge in [0.15, 0.2) is 6.30 Å². The van der Waals surface area contributed by atoms with Crippen LogP contribution in [0.2, 0.25) is 0 Å². The largest absolute Gasteiger partial charge is 0.237 e. The van der Waals surface area contributed by atoms with Gasteiger partial charge in [0.2, 0.25) is 6.08 Å². The summed E-state index contributed by atoms with van der Waals surface area (Å²) in [7, 11) is 0. The number of alkyl halides is 1. The van der Waals surface area contributed by atoms with Crippen molar-refractivity contribution in [2.75, 3.05) is 0 Å². The number of rotatable bonds is 1. The quantitative estimate of drug-likeness (QED) is 0.263. The minimum atomic E-state index is -1.40. The molecule has 0 aliphatic rings. The summed E-state index contributed by atoms with van der Waals surface area (Å²) in [4.78, 5) is 11.7. The Bertz CT molecular complexity index is 74.9. The summed E-state index contributed by atoms with van der Waals surface area (Å²) in [5, 5.41) is 0. The van der Waals surface area contributed by atoms with Gasteiger partial charge in [-0.25, -0.2) is 9.18 Å². The topological polar surface area (TPSA) is 29.4 Å². The van der Waals surface area contributed by atoms with Crippen molar-refractivity contribution in [1.29, 1.82) is 0 Å². The molecule has 0 aromatic carbocycles. The maximum Gasteiger partial charge on any atom is 0.237 e. The molecule has 0 aromatic rings. The second-order valence-corrected chi connectivity index (χ2v) is 0.794. The number of hydrogen-bond acceptors (Lipinski definition) is 2. The van der Waals surface area contributed by atoms with E-state index in [2.05, 4.69) is 4.99 Å². The third-order valence-corrected chi connectivity index (χ3v) is 0.231. The molecule has 0 fully saturated rings. The van der Waals surface area contributed by atoms with Crippen molar-refractivity contribution in [1.82, 2.24) is 0 Å². The second-order valence-electron chi connectivity index (χ2n) is 0.794. The molecule has 0 heterocycles. The van der Waals surface area contributed by atoms with Crippen LogP contribution in [0.1, 0.15) is 6.92 Å². The molecule has 0 amide bonds. The van der Waals surface area contributed by atoms with Crippen molar-refractivity contribution in [2.45, 2.75) is 13.2 Å². The van der Waals surface area contributed by atoms with Gasteiger partial charge in [0.1, 0.15) is 0 Å². The van der Waals surface area contributed by atoms with Crippen LogP contribution in [-0.4, -0.2) is 12.4 Å². The Morgan fingerprint density at radius 2 is 2.50 bits per heavy atom. The second kappa shape index (κ2) is 2.54. The predicted molar refractivity (Wildman–Crippen MR) is 18.7 cm³/mol. The Morgan fingerprint density at radius 3 is 2.50 bits per heavy atom. The van der Waals surface area contributed by atoms with Gasteiger partial charge >= 0.3 is 0 Å². The predicted octanol–water partition coefficient (Wildman–Crippen LogP) is 0.638. The van der Waals surface area contributed by atoms with E-state index in [4.69, 9.17) is 4.79 Å². The molecule has 1 atom stereocenters. The maximum atomic E-state index is 11.3. The van der Waals surface area contributed by atoms with Crippen LogP contribution in [0.4, 0.5) is 4.39 Å². The lowest BCUT2D eigenvalue weighted by Crippen LogP contribution is -1.80. The average Bonchev–Trinajstić information content (AvgIpc) is 1.35. The van der Waals surface area contributed by atoms with Crippen LogP contribution in [0, 0.1) is 0 Å². The third-order valence-electron chi connectivity index (χ3n) is 0.231. The van der Waals surface area contributed by atoms with Gasteiger partial charge in [0.25, 0.3) is 0 Å². The van der Waals surface area contributed by atoms with Gasteiger partial charge in [-0.05, 0) is 6.92 Å². The molecule has 0 unspecified atom stereocenters. The first kappa shape index (κ1) is 5.31. The van der Waals surface area contributed by atoms with Gasteiger partial charge in [0, 0.05) is 0 Å². The molecular formula is C3H4FNO. The molecule has 0 aliphatic carbocycles. The van der Waals surface area contributed by atoms with Crippen LogP contribution in [0.15, 0.2) is 4.99 Å². The summed E-state index contributed by atoms with van der Waals surface area (Å²) < 4.78 is 11.3. The SMILES string of the molecule is C[C@H](F)N=C=O. The van der Waals surface area contributed by atoms with Crippen LogP contribution >= 0.6 is 0 Å². The van der Waals surface area contributed by atoms with Gasteiger partial charge in [-0.15, -0.1) is 0 Å². The van der Waals surface area contributed by atoms with Crippen LogP contribution in [0.25, 0.3) is 0 Å². The first-order valence-corrected chi connectivity index (χ1v) is 1.48. The van der Waals surface area contributed by atoms with Crippen LogP contribution < -0.4 is 0 Å². The molecule has 0 radical (unpaired) electrons. The first-order chi connectivity index (χ1) is 2.77. The maximum absolute atomic E-state index is 11.3. The zero-order chi connectivity index (χ0) is 4.99. The van der Waals surface area contributed by atoms with E-state index >= 15 is 0 Å². The van der Waals surface area contributed by atoms with Crippen molar-refractivity contribution in [3.8, 4) is 0 Å². The minimum Gasteiger partial charge on any atom is -0.221 e. The number of halogens is 1. The molecule has 6 heavy (non-hydrogen) atoms. The molecule has 0 aromatic heterocycles. The zero-order valence-corrected chi connectivity index (χ0v) is 3.31. The highest BCUT2D eigenvalue weighted by Crippen LogP contribution is 1.83. The lowest BCUT2D eigenvalue weighted by molar-refractivity contribution is 0.374. The number of carbonyl (C=O) groups excluding carboxylic acids is 1. The Kier molecular flexibility index (Phi) is 2.25. The van der Waals surface area contributed by atoms with E-state index in [1.165, 1.54) is 0 Å². The summed E-state index contributed by atoms with van der Waals surface area (Å²) in [6.45, 7) is 1.16. The summed E-state index contributed by atoms with van der Waals surface area (Å²) >= 11 is 0. The fraction of sp³-hybridized carbons (Fsp3) is 0.667. The standard InChI is InChI=1S/C3H4FNO/c1-3(4)5-2-6/h3H,1H3/t3-/m1/s1. The van der Waals surface area contributed by atoms with Crippen LogP contribution in [0.3, 0.4) is 0 Å². The van der Waals surface area contributed by atoms with Crippen molar-refractivity contribution < 1.29 is 9.18 Å². The van der Waals surface area contributed by atoms with Crippen LogP contribution in [0.5, 0.6) is 0 Å². The molecule has 0 aliphatic heterocycles. The highest BCUT2D eigenvalue weighted by atomic mass is 19.1. The minimum absolute atomic E-state index is 1.07. The number of nitrogens with zero attached hydrogens (tertiary/aromatic N) is 1. The lowest BCUT2D eigenvalue weighted by Gasteiger charge is -1.77.